The number of nitrogens with one attached hydrogen (secondary N) is 1. The average Bonchev–Trinajstić information content (AvgIpc) is 3.17. The van der Waals surface area contributed by atoms with Crippen molar-refractivity contribution in [2.24, 2.45) is 0 Å². The highest BCUT2D eigenvalue weighted by Crippen LogP contribution is 2.17. The number of nitrogens with zero attached hydrogens (tertiary/aromatic N) is 2. The van der Waals surface area contributed by atoms with Gasteiger partial charge in [-0.05, 0) is 26.0 Å². The van der Waals surface area contributed by atoms with Gasteiger partial charge < -0.3 is 14.6 Å². The zero-order valence-corrected chi connectivity index (χ0v) is 15.7. The fourth-order valence-corrected chi connectivity index (χ4v) is 2.46. The number of aromatic nitrogens is 2. The third kappa shape index (κ3) is 5.26. The molecule has 0 fully saturated rings. The van der Waals surface area contributed by atoms with Crippen molar-refractivity contribution in [2.45, 2.75) is 32.8 Å². The average molecular weight is 379 g/mol. The summed E-state index contributed by atoms with van der Waals surface area (Å²) in [6.07, 6.45) is -0.623. The number of hydrogen-bond donors (Lipinski definition) is 1. The second kappa shape index (κ2) is 8.94. The van der Waals surface area contributed by atoms with Gasteiger partial charge in [0.25, 0.3) is 5.91 Å². The molecule has 7 heteroatoms. The smallest absolute Gasteiger partial charge is 0.307 e. The largest absolute Gasteiger partial charge is 0.453 e. The number of ether oxygens (including phenoxy) is 1. The summed E-state index contributed by atoms with van der Waals surface area (Å²) in [5.41, 5.74) is 2.62. The molecule has 144 valence electrons. The summed E-state index contributed by atoms with van der Waals surface area (Å²) >= 11 is 0. The lowest BCUT2D eigenvalue weighted by Crippen LogP contribution is -2.30. The first-order valence-corrected chi connectivity index (χ1v) is 8.96. The molecule has 1 unspecified atom stereocenters. The minimum atomic E-state index is -0.904. The molecule has 28 heavy (non-hydrogen) atoms. The van der Waals surface area contributed by atoms with Crippen LogP contribution in [0.2, 0.25) is 0 Å². The number of hydrogen-bond acceptors (Lipinski definition) is 6. The van der Waals surface area contributed by atoms with E-state index in [1.807, 2.05) is 49.4 Å². The Morgan fingerprint density at radius 1 is 1.11 bits per heavy atom. The number of benzene rings is 2. The molecule has 0 aliphatic rings. The van der Waals surface area contributed by atoms with Gasteiger partial charge in [0.1, 0.15) is 0 Å². The number of carbonyl (C=O) groups is 2. The Balaban J connectivity index is 1.47. The number of esters is 1. The Hall–Kier alpha value is -3.48. The fourth-order valence-electron chi connectivity index (χ4n) is 2.46. The molecule has 3 aromatic rings. The van der Waals surface area contributed by atoms with Gasteiger partial charge in [0.05, 0.1) is 6.42 Å². The van der Waals surface area contributed by atoms with Gasteiger partial charge >= 0.3 is 5.97 Å². The Labute approximate surface area is 162 Å². The van der Waals surface area contributed by atoms with E-state index in [-0.39, 0.29) is 18.7 Å². The number of rotatable bonds is 7. The minimum Gasteiger partial charge on any atom is -0.453 e. The van der Waals surface area contributed by atoms with E-state index in [0.717, 1.165) is 11.1 Å². The van der Waals surface area contributed by atoms with E-state index in [1.54, 1.807) is 12.1 Å². The number of para-hydroxylation sites is 1. The van der Waals surface area contributed by atoms with Crippen molar-refractivity contribution < 1.29 is 18.8 Å². The van der Waals surface area contributed by atoms with Crippen LogP contribution in [0, 0.1) is 6.92 Å². The van der Waals surface area contributed by atoms with Crippen LogP contribution in [0.5, 0.6) is 0 Å². The summed E-state index contributed by atoms with van der Waals surface area (Å²) in [6.45, 7) is 3.52. The summed E-state index contributed by atoms with van der Waals surface area (Å²) in [4.78, 5) is 28.4. The Morgan fingerprint density at radius 3 is 2.54 bits per heavy atom. The van der Waals surface area contributed by atoms with E-state index in [1.165, 1.54) is 6.92 Å². The van der Waals surface area contributed by atoms with E-state index >= 15 is 0 Å². The third-order valence-corrected chi connectivity index (χ3v) is 4.04. The molecule has 2 aromatic carbocycles. The van der Waals surface area contributed by atoms with Gasteiger partial charge in [-0.3, -0.25) is 9.59 Å². The molecule has 0 radical (unpaired) electrons. The van der Waals surface area contributed by atoms with E-state index in [2.05, 4.69) is 15.5 Å². The third-order valence-electron chi connectivity index (χ3n) is 4.04. The first-order chi connectivity index (χ1) is 13.5. The number of aryl methyl sites for hydroxylation is 2. The van der Waals surface area contributed by atoms with Gasteiger partial charge in [-0.1, -0.05) is 53.2 Å². The second-order valence-electron chi connectivity index (χ2n) is 6.37. The Morgan fingerprint density at radius 2 is 1.82 bits per heavy atom. The number of anilines is 1. The minimum absolute atomic E-state index is 0.0402. The highest BCUT2D eigenvalue weighted by molar-refractivity contribution is 5.95. The van der Waals surface area contributed by atoms with Crippen molar-refractivity contribution in [3.63, 3.8) is 0 Å². The van der Waals surface area contributed by atoms with Gasteiger partial charge in [-0.25, -0.2) is 0 Å². The maximum Gasteiger partial charge on any atom is 0.307 e. The topological polar surface area (TPSA) is 94.3 Å². The van der Waals surface area contributed by atoms with Crippen LogP contribution in [0.15, 0.2) is 59.1 Å². The number of amides is 1. The molecule has 1 heterocycles. The molecule has 0 aliphatic carbocycles. The monoisotopic (exact) mass is 379 g/mol. The van der Waals surface area contributed by atoms with Crippen molar-refractivity contribution in [3.8, 4) is 11.4 Å². The molecule has 0 saturated heterocycles. The zero-order valence-electron chi connectivity index (χ0n) is 15.7. The Bertz CT molecular complexity index is 936. The van der Waals surface area contributed by atoms with Gasteiger partial charge in [-0.15, -0.1) is 0 Å². The molecule has 1 amide bonds. The summed E-state index contributed by atoms with van der Waals surface area (Å²) in [5, 5.41) is 6.62. The molecular formula is C21H21N3O4. The highest BCUT2D eigenvalue weighted by atomic mass is 16.5. The fraction of sp³-hybridized carbons (Fsp3) is 0.238. The van der Waals surface area contributed by atoms with Crippen molar-refractivity contribution in [2.75, 3.05) is 5.32 Å². The molecule has 1 aromatic heterocycles. The van der Waals surface area contributed by atoms with Crippen LogP contribution >= 0.6 is 0 Å². The van der Waals surface area contributed by atoms with Crippen LogP contribution in [-0.2, 0) is 20.7 Å². The molecule has 0 bridgehead atoms. The summed E-state index contributed by atoms with van der Waals surface area (Å²) in [5.74, 6) is -0.0855. The SMILES string of the molecule is Cc1ccc(-c2noc(CCC(=O)OC(C)C(=O)Nc3ccccc3)n2)cc1. The molecule has 0 spiro atoms. The lowest BCUT2D eigenvalue weighted by Gasteiger charge is -2.13. The first-order valence-electron chi connectivity index (χ1n) is 8.96. The summed E-state index contributed by atoms with van der Waals surface area (Å²) in [6, 6.07) is 16.7. The summed E-state index contributed by atoms with van der Waals surface area (Å²) in [7, 11) is 0. The van der Waals surface area contributed by atoms with Crippen LogP contribution in [0.25, 0.3) is 11.4 Å². The molecule has 7 nitrogen and oxygen atoms in total. The Kier molecular flexibility index (Phi) is 6.16. The quantitative estimate of drug-likeness (QED) is 0.631. The van der Waals surface area contributed by atoms with Crippen molar-refractivity contribution in [1.29, 1.82) is 0 Å². The maximum absolute atomic E-state index is 12.1. The second-order valence-corrected chi connectivity index (χ2v) is 6.37. The molecule has 0 saturated carbocycles. The van der Waals surface area contributed by atoms with Crippen molar-refractivity contribution in [1.82, 2.24) is 10.1 Å². The standard InChI is InChI=1S/C21H21N3O4/c1-14-8-10-16(11-9-14)20-23-18(28-24-20)12-13-19(25)27-15(2)21(26)22-17-6-4-3-5-7-17/h3-11,15H,12-13H2,1-2H3,(H,22,26). The van der Waals surface area contributed by atoms with E-state index < -0.39 is 12.1 Å². The predicted molar refractivity (Wildman–Crippen MR) is 103 cm³/mol. The van der Waals surface area contributed by atoms with Crippen molar-refractivity contribution >= 4 is 17.6 Å². The first kappa shape index (κ1) is 19.3. The van der Waals surface area contributed by atoms with Crippen LogP contribution in [0.4, 0.5) is 5.69 Å². The predicted octanol–water partition coefficient (Wildman–Crippen LogP) is 3.55. The van der Waals surface area contributed by atoms with Crippen LogP contribution in [0.1, 0.15) is 24.8 Å². The molecule has 1 N–H and O–H groups in total. The molecular weight excluding hydrogens is 358 g/mol. The lowest BCUT2D eigenvalue weighted by atomic mass is 10.1. The van der Waals surface area contributed by atoms with Gasteiger partial charge in [0, 0.05) is 17.7 Å². The van der Waals surface area contributed by atoms with E-state index in [9.17, 15) is 9.59 Å². The van der Waals surface area contributed by atoms with Gasteiger partial charge in [-0.2, -0.15) is 4.98 Å². The molecule has 1 atom stereocenters. The van der Waals surface area contributed by atoms with Crippen LogP contribution < -0.4 is 5.32 Å². The number of carbonyl (C=O) groups excluding carboxylic acids is 2. The van der Waals surface area contributed by atoms with Gasteiger partial charge in [0.2, 0.25) is 11.7 Å². The van der Waals surface area contributed by atoms with Crippen LogP contribution in [0.3, 0.4) is 0 Å². The lowest BCUT2D eigenvalue weighted by molar-refractivity contribution is -0.153. The molecule has 0 aliphatic heterocycles. The zero-order chi connectivity index (χ0) is 19.9. The normalized spacial score (nSPS) is 11.6. The van der Waals surface area contributed by atoms with Crippen molar-refractivity contribution in [3.05, 3.63) is 66.1 Å². The molecule has 3 rings (SSSR count). The van der Waals surface area contributed by atoms with E-state index in [0.29, 0.717) is 17.4 Å². The summed E-state index contributed by atoms with van der Waals surface area (Å²) < 4.78 is 10.4. The van der Waals surface area contributed by atoms with Crippen LogP contribution in [-0.4, -0.2) is 28.1 Å². The van der Waals surface area contributed by atoms with Gasteiger partial charge in [0.15, 0.2) is 6.10 Å². The van der Waals surface area contributed by atoms with E-state index in [4.69, 9.17) is 9.26 Å². The highest BCUT2D eigenvalue weighted by Gasteiger charge is 2.19. The maximum atomic E-state index is 12.1.